The van der Waals surface area contributed by atoms with Crippen LogP contribution in [-0.2, 0) is 20.9 Å². The lowest BCUT2D eigenvalue weighted by molar-refractivity contribution is -0.645. The number of ether oxygens (including phenoxy) is 2. The number of halogens is 3. The first kappa shape index (κ1) is 27.0. The molecule has 2 aromatic carbocycles. The summed E-state index contributed by atoms with van der Waals surface area (Å²) in [6, 6.07) is 19.7. The maximum absolute atomic E-state index is 12.0. The average Bonchev–Trinajstić information content (AvgIpc) is 2.88. The largest absolute Gasteiger partial charge is 0.618 e. The molecule has 0 aliphatic carbocycles. The third-order valence-corrected chi connectivity index (χ3v) is 7.18. The van der Waals surface area contributed by atoms with Crippen LogP contribution in [0.1, 0.15) is 35.5 Å². The van der Waals surface area contributed by atoms with Crippen molar-refractivity contribution >= 4 is 58.2 Å². The van der Waals surface area contributed by atoms with Gasteiger partial charge in [-0.25, -0.2) is 0 Å². The van der Waals surface area contributed by atoms with Gasteiger partial charge in [-0.05, 0) is 29.3 Å². The first-order chi connectivity index (χ1) is 17.2. The lowest BCUT2D eigenvalue weighted by atomic mass is 10.0. The lowest BCUT2D eigenvalue weighted by Crippen LogP contribution is -2.32. The number of aromatic nitrogens is 1. The number of hydrogen-bond donors (Lipinski definition) is 2. The standard InChI is InChI=1S/C25H23Cl3N2O5S/c26-25(27,28)24(32)29-19-10-8-18(9-11-19)23-34-20(15-36-22-3-1-2-12-30(22)33)13-21(35-23)17-6-4-16(14-31)5-7-17/h1-12,20-21,23,31H,13-15H2,(H,29,32). The fourth-order valence-corrected chi connectivity index (χ4v) is 4.73. The summed E-state index contributed by atoms with van der Waals surface area (Å²) in [6.45, 7) is -0.0375. The molecule has 3 aromatic rings. The summed E-state index contributed by atoms with van der Waals surface area (Å²) in [5.41, 5.74) is 2.97. The predicted octanol–water partition coefficient (Wildman–Crippen LogP) is 5.46. The Labute approximate surface area is 227 Å². The first-order valence-electron chi connectivity index (χ1n) is 11.0. The Kier molecular flexibility index (Phi) is 9.00. The number of benzene rings is 2. The van der Waals surface area contributed by atoms with Crippen molar-refractivity contribution < 1.29 is 24.1 Å². The van der Waals surface area contributed by atoms with Gasteiger partial charge >= 0.3 is 0 Å². The number of thioether (sulfide) groups is 1. The van der Waals surface area contributed by atoms with Crippen molar-refractivity contribution in [2.24, 2.45) is 0 Å². The van der Waals surface area contributed by atoms with Crippen LogP contribution < -0.4 is 10.0 Å². The molecule has 4 rings (SSSR count). The number of rotatable bonds is 7. The highest BCUT2D eigenvalue weighted by Gasteiger charge is 2.33. The fourth-order valence-electron chi connectivity index (χ4n) is 3.65. The molecule has 190 valence electrons. The van der Waals surface area contributed by atoms with Crippen molar-refractivity contribution in [3.05, 3.63) is 94.8 Å². The Morgan fingerprint density at radius 1 is 1.06 bits per heavy atom. The molecule has 1 saturated heterocycles. The van der Waals surface area contributed by atoms with Crippen molar-refractivity contribution in [3.8, 4) is 0 Å². The number of aliphatic hydroxyl groups is 1. The van der Waals surface area contributed by atoms with Crippen LogP contribution in [0.2, 0.25) is 0 Å². The summed E-state index contributed by atoms with van der Waals surface area (Å²) in [5, 5.41) is 24.5. The van der Waals surface area contributed by atoms with E-state index in [2.05, 4.69) is 5.32 Å². The zero-order valence-electron chi connectivity index (χ0n) is 18.9. The number of anilines is 1. The average molecular weight is 570 g/mol. The summed E-state index contributed by atoms with van der Waals surface area (Å²) in [7, 11) is 0. The summed E-state index contributed by atoms with van der Waals surface area (Å²) < 4.78 is 11.3. The van der Waals surface area contributed by atoms with E-state index >= 15 is 0 Å². The van der Waals surface area contributed by atoms with Crippen molar-refractivity contribution in [2.45, 2.75) is 40.3 Å². The van der Waals surface area contributed by atoms with Gasteiger partial charge in [-0.15, -0.1) is 0 Å². The Morgan fingerprint density at radius 3 is 2.39 bits per heavy atom. The minimum atomic E-state index is -2.07. The van der Waals surface area contributed by atoms with E-state index in [1.54, 1.807) is 36.4 Å². The molecule has 3 unspecified atom stereocenters. The quantitative estimate of drug-likeness (QED) is 0.170. The molecule has 0 saturated carbocycles. The summed E-state index contributed by atoms with van der Waals surface area (Å²) >= 11 is 18.3. The third-order valence-electron chi connectivity index (χ3n) is 5.52. The Morgan fingerprint density at radius 2 is 1.75 bits per heavy atom. The number of carbonyl (C=O) groups is 1. The van der Waals surface area contributed by atoms with Gasteiger partial charge in [-0.1, -0.05) is 83.0 Å². The molecule has 2 heterocycles. The number of hydrogen-bond acceptors (Lipinski definition) is 6. The molecule has 0 radical (unpaired) electrons. The second-order valence-corrected chi connectivity index (χ2v) is 11.4. The summed E-state index contributed by atoms with van der Waals surface area (Å²) in [4.78, 5) is 11.9. The molecule has 7 nitrogen and oxygen atoms in total. The van der Waals surface area contributed by atoms with Crippen LogP contribution in [0, 0.1) is 5.21 Å². The fraction of sp³-hybridized carbons (Fsp3) is 0.280. The van der Waals surface area contributed by atoms with Gasteiger partial charge in [0.1, 0.15) is 0 Å². The van der Waals surface area contributed by atoms with Crippen LogP contribution in [0.5, 0.6) is 0 Å². The Bertz CT molecular complexity index is 1180. The molecule has 36 heavy (non-hydrogen) atoms. The monoisotopic (exact) mass is 568 g/mol. The van der Waals surface area contributed by atoms with Gasteiger partial charge in [0.2, 0.25) is 0 Å². The number of pyridine rings is 1. The highest BCUT2D eigenvalue weighted by atomic mass is 35.6. The summed E-state index contributed by atoms with van der Waals surface area (Å²) in [5.74, 6) is -0.209. The van der Waals surface area contributed by atoms with Crippen LogP contribution in [0.15, 0.2) is 78.0 Å². The van der Waals surface area contributed by atoms with Crippen LogP contribution in [0.25, 0.3) is 0 Å². The number of nitrogens with zero attached hydrogens (tertiary/aromatic N) is 1. The topological polar surface area (TPSA) is 94.7 Å². The molecule has 1 aliphatic rings. The highest BCUT2D eigenvalue weighted by Crippen LogP contribution is 2.39. The smallest absolute Gasteiger partial charge is 0.276 e. The summed E-state index contributed by atoms with van der Waals surface area (Å²) in [6.07, 6.45) is 0.899. The molecule has 11 heteroatoms. The minimum absolute atomic E-state index is 0.0375. The van der Waals surface area contributed by atoms with E-state index in [4.69, 9.17) is 44.3 Å². The van der Waals surface area contributed by atoms with Crippen LogP contribution >= 0.6 is 46.6 Å². The molecule has 0 bridgehead atoms. The van der Waals surface area contributed by atoms with E-state index in [0.29, 0.717) is 22.9 Å². The maximum Gasteiger partial charge on any atom is 0.276 e. The molecule has 0 spiro atoms. The number of alkyl halides is 3. The predicted molar refractivity (Wildman–Crippen MR) is 140 cm³/mol. The zero-order valence-corrected chi connectivity index (χ0v) is 21.9. The number of nitrogens with one attached hydrogen (secondary N) is 1. The molecule has 1 aliphatic heterocycles. The van der Waals surface area contributed by atoms with Crippen LogP contribution in [0.4, 0.5) is 5.69 Å². The van der Waals surface area contributed by atoms with Crippen molar-refractivity contribution in [3.63, 3.8) is 0 Å². The van der Waals surface area contributed by atoms with Gasteiger partial charge in [0.25, 0.3) is 14.7 Å². The Hall–Kier alpha value is -2.04. The first-order valence-corrected chi connectivity index (χ1v) is 13.1. The highest BCUT2D eigenvalue weighted by molar-refractivity contribution is 7.99. The maximum atomic E-state index is 12.0. The SMILES string of the molecule is O=C(Nc1ccc(C2OC(CSc3cccc[n+]3[O-])CC(c3ccc(CO)cc3)O2)cc1)C(Cl)(Cl)Cl. The molecule has 1 amide bonds. The van der Waals surface area contributed by atoms with E-state index in [9.17, 15) is 15.1 Å². The van der Waals surface area contributed by atoms with Crippen LogP contribution in [0.3, 0.4) is 0 Å². The van der Waals surface area contributed by atoms with Crippen molar-refractivity contribution in [2.75, 3.05) is 11.1 Å². The number of aliphatic hydroxyl groups excluding tert-OH is 1. The van der Waals surface area contributed by atoms with Gasteiger partial charge in [-0.3, -0.25) is 4.79 Å². The second-order valence-electron chi connectivity index (χ2n) is 8.10. The molecule has 3 atom stereocenters. The normalized spacial score (nSPS) is 20.2. The van der Waals surface area contributed by atoms with Gasteiger partial charge in [0.15, 0.2) is 12.5 Å². The Balaban J connectivity index is 1.51. The van der Waals surface area contributed by atoms with Gasteiger partial charge in [-0.2, -0.15) is 4.73 Å². The molecule has 2 N–H and O–H groups in total. The third kappa shape index (κ3) is 7.04. The van der Waals surface area contributed by atoms with Gasteiger partial charge in [0, 0.05) is 35.6 Å². The molecular weight excluding hydrogens is 547 g/mol. The molecular formula is C25H23Cl3N2O5S. The number of amides is 1. The van der Waals surface area contributed by atoms with Crippen molar-refractivity contribution in [1.82, 2.24) is 0 Å². The van der Waals surface area contributed by atoms with Gasteiger partial charge in [0.05, 0.1) is 18.8 Å². The van der Waals surface area contributed by atoms with Crippen molar-refractivity contribution in [1.29, 1.82) is 0 Å². The number of carbonyl (C=O) groups excluding carboxylic acids is 1. The zero-order chi connectivity index (χ0) is 25.7. The minimum Gasteiger partial charge on any atom is -0.618 e. The second kappa shape index (κ2) is 12.0. The van der Waals surface area contributed by atoms with Crippen LogP contribution in [-0.4, -0.2) is 26.7 Å². The van der Waals surface area contributed by atoms with E-state index in [0.717, 1.165) is 21.4 Å². The van der Waals surface area contributed by atoms with E-state index in [-0.39, 0.29) is 18.8 Å². The van der Waals surface area contributed by atoms with E-state index in [1.165, 1.54) is 18.0 Å². The van der Waals surface area contributed by atoms with Gasteiger partial charge < -0.3 is 25.1 Å². The lowest BCUT2D eigenvalue weighted by Gasteiger charge is -2.36. The molecule has 1 fully saturated rings. The molecule has 1 aromatic heterocycles. The van der Waals surface area contributed by atoms with E-state index < -0.39 is 16.0 Å². The van der Waals surface area contributed by atoms with E-state index in [1.807, 2.05) is 30.3 Å².